The Labute approximate surface area is 125 Å². The van der Waals surface area contributed by atoms with Crippen molar-refractivity contribution in [1.82, 2.24) is 10.2 Å². The number of carbonyl (C=O) groups excluding carboxylic acids is 1. The number of aliphatic carboxylic acids is 1. The molecule has 1 unspecified atom stereocenters. The van der Waals surface area contributed by atoms with Crippen LogP contribution in [-0.2, 0) is 14.3 Å². The van der Waals surface area contributed by atoms with Gasteiger partial charge in [-0.2, -0.15) is 0 Å². The van der Waals surface area contributed by atoms with Gasteiger partial charge in [0.2, 0.25) is 0 Å². The molecule has 0 saturated carbocycles. The van der Waals surface area contributed by atoms with Gasteiger partial charge in [0.25, 0.3) is 0 Å². The third kappa shape index (κ3) is 4.57. The summed E-state index contributed by atoms with van der Waals surface area (Å²) in [6.07, 6.45) is 0.838. The summed E-state index contributed by atoms with van der Waals surface area (Å²) >= 11 is 0. The van der Waals surface area contributed by atoms with Gasteiger partial charge in [-0.1, -0.05) is 0 Å². The summed E-state index contributed by atoms with van der Waals surface area (Å²) in [6, 6.07) is -0.315. The fourth-order valence-electron chi connectivity index (χ4n) is 2.56. The topological polar surface area (TPSA) is 88.1 Å². The molecule has 0 aromatic carbocycles. The van der Waals surface area contributed by atoms with Crippen LogP contribution in [0.4, 0.5) is 4.79 Å². The molecule has 1 saturated heterocycles. The highest BCUT2D eigenvalue weighted by molar-refractivity contribution is 5.78. The van der Waals surface area contributed by atoms with Crippen molar-refractivity contribution in [3.63, 3.8) is 0 Å². The van der Waals surface area contributed by atoms with E-state index in [2.05, 4.69) is 5.32 Å². The van der Waals surface area contributed by atoms with Gasteiger partial charge in [-0.05, 0) is 26.7 Å². The van der Waals surface area contributed by atoms with E-state index in [1.165, 1.54) is 0 Å². The lowest BCUT2D eigenvalue weighted by atomic mass is 9.80. The largest absolute Gasteiger partial charge is 0.481 e. The molecule has 2 N–H and O–H groups in total. The fourth-order valence-corrected chi connectivity index (χ4v) is 2.56. The maximum atomic E-state index is 12.2. The Morgan fingerprint density at radius 2 is 2.05 bits per heavy atom. The van der Waals surface area contributed by atoms with Gasteiger partial charge < -0.3 is 24.8 Å². The molecule has 122 valence electrons. The highest BCUT2D eigenvalue weighted by Gasteiger charge is 2.40. The van der Waals surface area contributed by atoms with E-state index in [9.17, 15) is 14.7 Å². The average Bonchev–Trinajstić information content (AvgIpc) is 2.47. The zero-order valence-electron chi connectivity index (χ0n) is 13.1. The van der Waals surface area contributed by atoms with E-state index in [1.807, 2.05) is 13.8 Å². The second kappa shape index (κ2) is 8.19. The van der Waals surface area contributed by atoms with E-state index in [1.54, 1.807) is 12.0 Å². The number of carbonyl (C=O) groups is 2. The normalized spacial score (nSPS) is 18.8. The van der Waals surface area contributed by atoms with Crippen molar-refractivity contribution in [2.24, 2.45) is 5.41 Å². The Balaban J connectivity index is 2.62. The van der Waals surface area contributed by atoms with E-state index in [0.29, 0.717) is 39.2 Å². The van der Waals surface area contributed by atoms with Crippen LogP contribution in [-0.4, -0.2) is 68.1 Å². The second-order valence-electron chi connectivity index (χ2n) is 5.45. The second-order valence-corrected chi connectivity index (χ2v) is 5.45. The summed E-state index contributed by atoms with van der Waals surface area (Å²) < 4.78 is 10.3. The SMILES string of the molecule is CCN(C(=O)NCC1(C(=O)O)CCOCC1)C(C)COC. The summed E-state index contributed by atoms with van der Waals surface area (Å²) in [4.78, 5) is 25.4. The van der Waals surface area contributed by atoms with Crippen molar-refractivity contribution in [2.75, 3.05) is 40.0 Å². The summed E-state index contributed by atoms with van der Waals surface area (Å²) in [5.74, 6) is -0.876. The maximum Gasteiger partial charge on any atom is 0.317 e. The highest BCUT2D eigenvalue weighted by Crippen LogP contribution is 2.30. The van der Waals surface area contributed by atoms with Crippen LogP contribution in [0.2, 0.25) is 0 Å². The molecule has 1 aliphatic rings. The number of carboxylic acid groups (broad SMARTS) is 1. The number of hydrogen-bond donors (Lipinski definition) is 2. The van der Waals surface area contributed by atoms with Gasteiger partial charge in [0.05, 0.1) is 18.1 Å². The number of nitrogens with zero attached hydrogens (tertiary/aromatic N) is 1. The lowest BCUT2D eigenvalue weighted by Crippen LogP contribution is -2.52. The predicted octanol–water partition coefficient (Wildman–Crippen LogP) is 0.934. The standard InChI is InChI=1S/C14H26N2O5/c1-4-16(11(2)9-20-3)13(19)15-10-14(12(17)18)5-7-21-8-6-14/h11H,4-10H2,1-3H3,(H,15,19)(H,17,18). The zero-order valence-corrected chi connectivity index (χ0v) is 13.1. The number of urea groups is 1. The zero-order chi connectivity index (χ0) is 15.9. The van der Waals surface area contributed by atoms with E-state index in [0.717, 1.165) is 0 Å². The molecular weight excluding hydrogens is 276 g/mol. The molecule has 0 aliphatic carbocycles. The third-order valence-electron chi connectivity index (χ3n) is 4.02. The Kier molecular flexibility index (Phi) is 6.91. The van der Waals surface area contributed by atoms with Crippen LogP contribution in [0.15, 0.2) is 0 Å². The molecule has 7 heteroatoms. The van der Waals surface area contributed by atoms with Crippen LogP contribution < -0.4 is 5.32 Å². The van der Waals surface area contributed by atoms with Crippen LogP contribution in [0.1, 0.15) is 26.7 Å². The summed E-state index contributed by atoms with van der Waals surface area (Å²) in [5, 5.41) is 12.2. The summed E-state index contributed by atoms with van der Waals surface area (Å²) in [5.41, 5.74) is -0.919. The quantitative estimate of drug-likeness (QED) is 0.730. The van der Waals surface area contributed by atoms with Crippen LogP contribution in [0.25, 0.3) is 0 Å². The molecule has 1 heterocycles. The molecule has 1 aliphatic heterocycles. The Bertz CT molecular complexity index is 355. The number of likely N-dealkylation sites (N-methyl/N-ethyl adjacent to an activating group) is 1. The van der Waals surface area contributed by atoms with Gasteiger partial charge in [0.15, 0.2) is 0 Å². The maximum absolute atomic E-state index is 12.2. The summed E-state index contributed by atoms with van der Waals surface area (Å²) in [6.45, 7) is 5.72. The van der Waals surface area contributed by atoms with Crippen LogP contribution >= 0.6 is 0 Å². The van der Waals surface area contributed by atoms with E-state index >= 15 is 0 Å². The molecule has 0 aromatic rings. The van der Waals surface area contributed by atoms with E-state index < -0.39 is 11.4 Å². The Morgan fingerprint density at radius 1 is 1.43 bits per heavy atom. The lowest BCUT2D eigenvalue weighted by Gasteiger charge is -2.34. The number of rotatable bonds is 7. The van der Waals surface area contributed by atoms with Gasteiger partial charge >= 0.3 is 12.0 Å². The Hall–Kier alpha value is -1.34. The van der Waals surface area contributed by atoms with Crippen LogP contribution in [0.3, 0.4) is 0 Å². The molecule has 1 fully saturated rings. The number of methoxy groups -OCH3 is 1. The fraction of sp³-hybridized carbons (Fsp3) is 0.857. The molecule has 7 nitrogen and oxygen atoms in total. The minimum absolute atomic E-state index is 0.0598. The molecule has 1 rings (SSSR count). The lowest BCUT2D eigenvalue weighted by molar-refractivity contribution is -0.154. The molecule has 2 amide bonds. The monoisotopic (exact) mass is 302 g/mol. The molecule has 21 heavy (non-hydrogen) atoms. The average molecular weight is 302 g/mol. The van der Waals surface area contributed by atoms with Crippen LogP contribution in [0.5, 0.6) is 0 Å². The molecular formula is C14H26N2O5. The smallest absolute Gasteiger partial charge is 0.317 e. The van der Waals surface area contributed by atoms with Gasteiger partial charge in [-0.15, -0.1) is 0 Å². The van der Waals surface area contributed by atoms with Crippen molar-refractivity contribution < 1.29 is 24.2 Å². The number of carboxylic acids is 1. The van der Waals surface area contributed by atoms with Crippen LogP contribution in [0, 0.1) is 5.41 Å². The van der Waals surface area contributed by atoms with Gasteiger partial charge in [-0.3, -0.25) is 4.79 Å². The summed E-state index contributed by atoms with van der Waals surface area (Å²) in [7, 11) is 1.59. The van der Waals surface area contributed by atoms with Crippen molar-refractivity contribution in [3.05, 3.63) is 0 Å². The van der Waals surface area contributed by atoms with Crippen molar-refractivity contribution in [3.8, 4) is 0 Å². The number of ether oxygens (including phenoxy) is 2. The molecule has 1 atom stereocenters. The minimum atomic E-state index is -0.919. The van der Waals surface area contributed by atoms with E-state index in [-0.39, 0.29) is 18.6 Å². The first-order chi connectivity index (χ1) is 9.96. The molecule has 0 aromatic heterocycles. The number of amides is 2. The molecule has 0 spiro atoms. The highest BCUT2D eigenvalue weighted by atomic mass is 16.5. The van der Waals surface area contributed by atoms with Gasteiger partial charge in [0, 0.05) is 33.4 Å². The Morgan fingerprint density at radius 3 is 2.52 bits per heavy atom. The predicted molar refractivity (Wildman–Crippen MR) is 77.2 cm³/mol. The van der Waals surface area contributed by atoms with Crippen molar-refractivity contribution >= 4 is 12.0 Å². The van der Waals surface area contributed by atoms with Crippen molar-refractivity contribution in [1.29, 1.82) is 0 Å². The minimum Gasteiger partial charge on any atom is -0.481 e. The van der Waals surface area contributed by atoms with Gasteiger partial charge in [-0.25, -0.2) is 4.79 Å². The molecule has 0 bridgehead atoms. The van der Waals surface area contributed by atoms with Crippen molar-refractivity contribution in [2.45, 2.75) is 32.7 Å². The third-order valence-corrected chi connectivity index (χ3v) is 4.02. The first-order valence-corrected chi connectivity index (χ1v) is 7.31. The number of hydrogen-bond acceptors (Lipinski definition) is 4. The van der Waals surface area contributed by atoms with E-state index in [4.69, 9.17) is 9.47 Å². The number of nitrogens with one attached hydrogen (secondary N) is 1. The molecule has 0 radical (unpaired) electrons. The first-order valence-electron chi connectivity index (χ1n) is 7.31. The first kappa shape index (κ1) is 17.7. The van der Waals surface area contributed by atoms with Gasteiger partial charge in [0.1, 0.15) is 0 Å².